The molecule has 0 saturated carbocycles. The Bertz CT molecular complexity index is 924. The normalized spacial score (nSPS) is 16.6. The van der Waals surface area contributed by atoms with E-state index in [1.807, 2.05) is 24.3 Å². The number of rotatable bonds is 5. The van der Waals surface area contributed by atoms with Gasteiger partial charge in [-0.1, -0.05) is 48.5 Å². The van der Waals surface area contributed by atoms with E-state index in [2.05, 4.69) is 24.3 Å². The van der Waals surface area contributed by atoms with Gasteiger partial charge in [-0.2, -0.15) is 8.42 Å². The quantitative estimate of drug-likeness (QED) is 0.734. The van der Waals surface area contributed by atoms with Crippen LogP contribution < -0.4 is 0 Å². The fourth-order valence-electron chi connectivity index (χ4n) is 3.89. The summed E-state index contributed by atoms with van der Waals surface area (Å²) < 4.78 is 39.2. The summed E-state index contributed by atoms with van der Waals surface area (Å²) in [5, 5.41) is 0. The molecule has 1 heterocycles. The summed E-state index contributed by atoms with van der Waals surface area (Å²) in [6.07, 6.45) is -0.178. The van der Waals surface area contributed by atoms with Crippen LogP contribution in [0.3, 0.4) is 0 Å². The van der Waals surface area contributed by atoms with Crippen molar-refractivity contribution >= 4 is 16.3 Å². The molecule has 7 heteroatoms. The van der Waals surface area contributed by atoms with Crippen molar-refractivity contribution in [2.24, 2.45) is 5.92 Å². The molecule has 27 heavy (non-hydrogen) atoms. The van der Waals surface area contributed by atoms with E-state index in [9.17, 15) is 17.1 Å². The lowest BCUT2D eigenvalue weighted by molar-refractivity contribution is 0.0515. The van der Waals surface area contributed by atoms with E-state index in [4.69, 9.17) is 4.74 Å². The number of hydrogen-bond acceptors (Lipinski definition) is 4. The molecule has 2 aromatic rings. The predicted molar refractivity (Wildman–Crippen MR) is 99.6 cm³/mol. The molecule has 1 amide bonds. The molecule has 0 bridgehead atoms. The molecule has 142 valence electrons. The van der Waals surface area contributed by atoms with E-state index in [0.717, 1.165) is 11.1 Å². The molecular weight excluding hydrogens is 369 g/mol. The number of nitrogens with zero attached hydrogens (tertiary/aromatic N) is 1. The highest BCUT2D eigenvalue weighted by molar-refractivity contribution is 7.86. The van der Waals surface area contributed by atoms with E-state index < -0.39 is 22.1 Å². The molecular formula is C20H20FNO4S. The van der Waals surface area contributed by atoms with Gasteiger partial charge in [0, 0.05) is 19.0 Å². The molecule has 0 unspecified atom stereocenters. The van der Waals surface area contributed by atoms with Crippen molar-refractivity contribution < 1.29 is 21.8 Å². The van der Waals surface area contributed by atoms with Crippen LogP contribution in [-0.2, 0) is 15.0 Å². The minimum Gasteiger partial charge on any atom is -0.448 e. The fraction of sp³-hybridized carbons (Fsp3) is 0.350. The maximum absolute atomic E-state index is 12.6. The van der Waals surface area contributed by atoms with Gasteiger partial charge >= 0.3 is 16.3 Å². The van der Waals surface area contributed by atoms with Crippen LogP contribution in [0, 0.1) is 5.92 Å². The Hall–Kier alpha value is -2.41. The molecule has 0 radical (unpaired) electrons. The number of ether oxygens (including phenoxy) is 1. The summed E-state index contributed by atoms with van der Waals surface area (Å²) in [6.45, 7) is 1.07. The number of hydrogen-bond donors (Lipinski definition) is 0. The van der Waals surface area contributed by atoms with Crippen LogP contribution in [0.15, 0.2) is 48.5 Å². The Balaban J connectivity index is 1.35. The minimum atomic E-state index is -4.45. The summed E-state index contributed by atoms with van der Waals surface area (Å²) in [4.78, 5) is 13.8. The first-order chi connectivity index (χ1) is 12.9. The molecule has 4 rings (SSSR count). The standard InChI is InChI=1S/C20H20FNO4S/c21-27(24,25)10-9-14-11-22(12-14)20(23)26-13-19-17-7-3-1-5-15(17)16-6-2-4-8-18(16)19/h1-8,14,19H,9-13H2. The first-order valence-electron chi connectivity index (χ1n) is 8.94. The summed E-state index contributed by atoms with van der Waals surface area (Å²) in [5.41, 5.74) is 4.65. The molecule has 2 aromatic carbocycles. The topological polar surface area (TPSA) is 63.7 Å². The SMILES string of the molecule is O=C(OCC1c2ccccc2-c2ccccc21)N1CC(CCS(=O)(=O)F)C1. The van der Waals surface area contributed by atoms with Crippen LogP contribution in [0.25, 0.3) is 11.1 Å². The van der Waals surface area contributed by atoms with E-state index in [-0.39, 0.29) is 24.9 Å². The van der Waals surface area contributed by atoms with Crippen LogP contribution >= 0.6 is 0 Å². The monoisotopic (exact) mass is 389 g/mol. The zero-order chi connectivity index (χ0) is 19.0. The first kappa shape index (κ1) is 18.0. The largest absolute Gasteiger partial charge is 0.448 e. The van der Waals surface area contributed by atoms with Gasteiger partial charge in [0.05, 0.1) is 5.75 Å². The lowest BCUT2D eigenvalue weighted by atomic mass is 9.97. The molecule has 1 saturated heterocycles. The van der Waals surface area contributed by atoms with Gasteiger partial charge < -0.3 is 9.64 Å². The van der Waals surface area contributed by atoms with Crippen molar-refractivity contribution in [3.63, 3.8) is 0 Å². The van der Waals surface area contributed by atoms with Crippen LogP contribution in [0.1, 0.15) is 23.5 Å². The number of fused-ring (bicyclic) bond motifs is 3. The highest BCUT2D eigenvalue weighted by Crippen LogP contribution is 2.44. The second-order valence-electron chi connectivity index (χ2n) is 7.11. The van der Waals surface area contributed by atoms with Crippen molar-refractivity contribution in [1.29, 1.82) is 0 Å². The molecule has 1 aliphatic heterocycles. The minimum absolute atomic E-state index is 0.00936. The molecule has 1 aliphatic carbocycles. The average Bonchev–Trinajstić information content (AvgIpc) is 2.92. The van der Waals surface area contributed by atoms with Gasteiger partial charge in [0.1, 0.15) is 6.61 Å². The van der Waals surface area contributed by atoms with Gasteiger partial charge in [-0.25, -0.2) is 4.79 Å². The first-order valence-corrected chi connectivity index (χ1v) is 10.5. The van der Waals surface area contributed by atoms with E-state index in [1.54, 1.807) is 0 Å². The molecule has 0 atom stereocenters. The van der Waals surface area contributed by atoms with Gasteiger partial charge in [-0.15, -0.1) is 3.89 Å². The second-order valence-corrected chi connectivity index (χ2v) is 8.59. The van der Waals surface area contributed by atoms with Crippen molar-refractivity contribution in [3.8, 4) is 11.1 Å². The summed E-state index contributed by atoms with van der Waals surface area (Å²) in [5.74, 6) is -0.470. The predicted octanol–water partition coefficient (Wildman–Crippen LogP) is 3.56. The van der Waals surface area contributed by atoms with Gasteiger partial charge in [0.2, 0.25) is 0 Å². The van der Waals surface area contributed by atoms with Crippen LogP contribution in [0.2, 0.25) is 0 Å². The average molecular weight is 389 g/mol. The summed E-state index contributed by atoms with van der Waals surface area (Å²) in [6, 6.07) is 16.3. The van der Waals surface area contributed by atoms with Crippen LogP contribution in [-0.4, -0.2) is 44.9 Å². The van der Waals surface area contributed by atoms with E-state index >= 15 is 0 Å². The van der Waals surface area contributed by atoms with Gasteiger partial charge in [-0.05, 0) is 34.6 Å². The lowest BCUT2D eigenvalue weighted by Gasteiger charge is -2.38. The number of amides is 1. The highest BCUT2D eigenvalue weighted by Gasteiger charge is 2.34. The number of likely N-dealkylation sites (tertiary alicyclic amines) is 1. The van der Waals surface area contributed by atoms with Crippen LogP contribution in [0.4, 0.5) is 8.68 Å². The Labute approximate surface area is 158 Å². The second kappa shape index (κ2) is 6.96. The fourth-order valence-corrected chi connectivity index (χ4v) is 4.51. The third-order valence-corrected chi connectivity index (χ3v) is 6.04. The van der Waals surface area contributed by atoms with Gasteiger partial charge in [0.15, 0.2) is 0 Å². The summed E-state index contributed by atoms with van der Waals surface area (Å²) >= 11 is 0. The van der Waals surface area contributed by atoms with E-state index in [1.165, 1.54) is 16.0 Å². The Morgan fingerprint density at radius 3 is 2.15 bits per heavy atom. The summed E-state index contributed by atoms with van der Waals surface area (Å²) in [7, 11) is -4.45. The molecule has 1 fully saturated rings. The molecule has 0 N–H and O–H groups in total. The Morgan fingerprint density at radius 2 is 1.59 bits per heavy atom. The zero-order valence-corrected chi connectivity index (χ0v) is 15.5. The molecule has 5 nitrogen and oxygen atoms in total. The third kappa shape index (κ3) is 3.69. The number of carbonyl (C=O) groups is 1. The van der Waals surface area contributed by atoms with Crippen LogP contribution in [0.5, 0.6) is 0 Å². The van der Waals surface area contributed by atoms with Gasteiger partial charge in [0.25, 0.3) is 0 Å². The van der Waals surface area contributed by atoms with Crippen molar-refractivity contribution in [1.82, 2.24) is 4.90 Å². The third-order valence-electron chi connectivity index (χ3n) is 5.32. The maximum atomic E-state index is 12.6. The van der Waals surface area contributed by atoms with Crippen molar-refractivity contribution in [2.75, 3.05) is 25.4 Å². The van der Waals surface area contributed by atoms with Crippen molar-refractivity contribution in [2.45, 2.75) is 12.3 Å². The lowest BCUT2D eigenvalue weighted by Crippen LogP contribution is -2.50. The van der Waals surface area contributed by atoms with Gasteiger partial charge in [-0.3, -0.25) is 0 Å². The van der Waals surface area contributed by atoms with Crippen molar-refractivity contribution in [3.05, 3.63) is 59.7 Å². The Kier molecular flexibility index (Phi) is 4.63. The smallest absolute Gasteiger partial charge is 0.409 e. The van der Waals surface area contributed by atoms with E-state index in [0.29, 0.717) is 13.1 Å². The Morgan fingerprint density at radius 1 is 1.04 bits per heavy atom. The maximum Gasteiger partial charge on any atom is 0.409 e. The molecule has 2 aliphatic rings. The number of halogens is 1. The molecule has 0 aromatic heterocycles. The highest BCUT2D eigenvalue weighted by atomic mass is 32.3. The number of carbonyl (C=O) groups excluding carboxylic acids is 1. The molecule has 0 spiro atoms. The zero-order valence-electron chi connectivity index (χ0n) is 14.7. The number of benzene rings is 2.